The third kappa shape index (κ3) is 5.78. The van der Waals surface area contributed by atoms with Crippen molar-refractivity contribution in [3.63, 3.8) is 0 Å². The minimum absolute atomic E-state index is 0.0443. The van der Waals surface area contributed by atoms with Crippen molar-refractivity contribution in [3.8, 4) is 0 Å². The van der Waals surface area contributed by atoms with Crippen LogP contribution in [0.5, 0.6) is 0 Å². The number of benzene rings is 1. The molecule has 0 unspecified atom stereocenters. The first-order valence-corrected chi connectivity index (χ1v) is 7.39. The van der Waals surface area contributed by atoms with Gasteiger partial charge in [0.05, 0.1) is 6.54 Å². The molecule has 0 bridgehead atoms. The molecule has 0 aliphatic carbocycles. The second-order valence-corrected chi connectivity index (χ2v) is 5.06. The highest BCUT2D eigenvalue weighted by Gasteiger charge is 2.10. The standard InChI is InChI=1S/C17H20N4O2/c1-21(12-10-14-7-5-6-11-18-14)16(22)13-19-17(23)20-15-8-3-2-4-9-15/h2-9,11H,10,12-13H2,1H3,(H2,19,20,23). The summed E-state index contributed by atoms with van der Waals surface area (Å²) in [5, 5.41) is 5.22. The highest BCUT2D eigenvalue weighted by molar-refractivity contribution is 5.92. The van der Waals surface area contributed by atoms with Crippen molar-refractivity contribution in [2.24, 2.45) is 0 Å². The Morgan fingerprint density at radius 2 is 1.83 bits per heavy atom. The van der Waals surface area contributed by atoms with Gasteiger partial charge >= 0.3 is 6.03 Å². The summed E-state index contributed by atoms with van der Waals surface area (Å²) in [6.45, 7) is 0.509. The first kappa shape index (κ1) is 16.5. The van der Waals surface area contributed by atoms with E-state index in [-0.39, 0.29) is 12.5 Å². The minimum atomic E-state index is -0.400. The molecule has 120 valence electrons. The number of amides is 3. The van der Waals surface area contributed by atoms with Crippen molar-refractivity contribution >= 4 is 17.6 Å². The summed E-state index contributed by atoms with van der Waals surface area (Å²) >= 11 is 0. The molecule has 0 saturated carbocycles. The van der Waals surface area contributed by atoms with E-state index in [2.05, 4.69) is 15.6 Å². The zero-order valence-corrected chi connectivity index (χ0v) is 13.0. The lowest BCUT2D eigenvalue weighted by Crippen LogP contribution is -2.40. The summed E-state index contributed by atoms with van der Waals surface area (Å²) in [4.78, 5) is 29.5. The summed E-state index contributed by atoms with van der Waals surface area (Å²) in [5.41, 5.74) is 1.61. The van der Waals surface area contributed by atoms with Crippen LogP contribution in [0.1, 0.15) is 5.69 Å². The number of para-hydroxylation sites is 1. The number of carbonyl (C=O) groups excluding carboxylic acids is 2. The predicted molar refractivity (Wildman–Crippen MR) is 89.0 cm³/mol. The van der Waals surface area contributed by atoms with Crippen LogP contribution in [0, 0.1) is 0 Å². The maximum atomic E-state index is 12.0. The molecule has 2 aromatic rings. The molecule has 2 rings (SSSR count). The summed E-state index contributed by atoms with van der Waals surface area (Å²) in [6.07, 6.45) is 2.41. The second-order valence-electron chi connectivity index (χ2n) is 5.06. The molecule has 0 aliphatic rings. The maximum absolute atomic E-state index is 12.0. The highest BCUT2D eigenvalue weighted by Crippen LogP contribution is 2.04. The highest BCUT2D eigenvalue weighted by atomic mass is 16.2. The van der Waals surface area contributed by atoms with E-state index in [1.54, 1.807) is 30.3 Å². The van der Waals surface area contributed by atoms with E-state index in [4.69, 9.17) is 0 Å². The van der Waals surface area contributed by atoms with E-state index in [0.717, 1.165) is 5.69 Å². The minimum Gasteiger partial charge on any atom is -0.344 e. The molecule has 0 spiro atoms. The van der Waals surface area contributed by atoms with Gasteiger partial charge in [0.1, 0.15) is 0 Å². The lowest BCUT2D eigenvalue weighted by molar-refractivity contribution is -0.128. The van der Waals surface area contributed by atoms with Crippen molar-refractivity contribution in [3.05, 3.63) is 60.4 Å². The van der Waals surface area contributed by atoms with Crippen molar-refractivity contribution in [1.82, 2.24) is 15.2 Å². The monoisotopic (exact) mass is 312 g/mol. The molecule has 0 aliphatic heterocycles. The molecule has 23 heavy (non-hydrogen) atoms. The number of hydrogen-bond acceptors (Lipinski definition) is 3. The van der Waals surface area contributed by atoms with E-state index in [1.165, 1.54) is 0 Å². The van der Waals surface area contributed by atoms with E-state index >= 15 is 0 Å². The normalized spacial score (nSPS) is 9.96. The molecule has 3 amide bonds. The number of carbonyl (C=O) groups is 2. The second kappa shape index (κ2) is 8.53. The quantitative estimate of drug-likeness (QED) is 0.855. The average molecular weight is 312 g/mol. The van der Waals surface area contributed by atoms with Gasteiger partial charge in [-0.2, -0.15) is 0 Å². The topological polar surface area (TPSA) is 74.3 Å². The molecular weight excluding hydrogens is 292 g/mol. The fourth-order valence-corrected chi connectivity index (χ4v) is 1.94. The van der Waals surface area contributed by atoms with Crippen LogP contribution in [0.25, 0.3) is 0 Å². The van der Waals surface area contributed by atoms with Gasteiger partial charge < -0.3 is 15.5 Å². The van der Waals surface area contributed by atoms with Crippen molar-refractivity contribution in [2.45, 2.75) is 6.42 Å². The Balaban J connectivity index is 1.70. The molecule has 6 nitrogen and oxygen atoms in total. The lowest BCUT2D eigenvalue weighted by atomic mass is 10.2. The van der Waals surface area contributed by atoms with Crippen LogP contribution in [-0.4, -0.2) is 42.0 Å². The molecule has 0 atom stereocenters. The van der Waals surface area contributed by atoms with Crippen LogP contribution in [0.4, 0.5) is 10.5 Å². The maximum Gasteiger partial charge on any atom is 0.319 e. The van der Waals surface area contributed by atoms with Crippen LogP contribution in [0.2, 0.25) is 0 Å². The fourth-order valence-electron chi connectivity index (χ4n) is 1.94. The number of rotatable bonds is 6. The fraction of sp³-hybridized carbons (Fsp3) is 0.235. The number of hydrogen-bond donors (Lipinski definition) is 2. The number of aromatic nitrogens is 1. The van der Waals surface area contributed by atoms with Gasteiger partial charge in [0.15, 0.2) is 0 Å². The Bertz CT molecular complexity index is 632. The van der Waals surface area contributed by atoms with E-state index in [0.29, 0.717) is 18.7 Å². The first-order valence-electron chi connectivity index (χ1n) is 7.39. The van der Waals surface area contributed by atoms with Gasteiger partial charge in [0.25, 0.3) is 0 Å². The molecule has 0 fully saturated rings. The zero-order valence-electron chi connectivity index (χ0n) is 13.0. The van der Waals surface area contributed by atoms with Crippen molar-refractivity contribution < 1.29 is 9.59 Å². The Labute approximate surface area is 135 Å². The van der Waals surface area contributed by atoms with Gasteiger partial charge in [-0.3, -0.25) is 9.78 Å². The lowest BCUT2D eigenvalue weighted by Gasteiger charge is -2.17. The summed E-state index contributed by atoms with van der Waals surface area (Å²) in [7, 11) is 1.71. The van der Waals surface area contributed by atoms with Gasteiger partial charge in [0.2, 0.25) is 5.91 Å². The molecular formula is C17H20N4O2. The van der Waals surface area contributed by atoms with Gasteiger partial charge in [0, 0.05) is 37.6 Å². The van der Waals surface area contributed by atoms with Gasteiger partial charge in [-0.1, -0.05) is 24.3 Å². The van der Waals surface area contributed by atoms with Gasteiger partial charge in [-0.25, -0.2) is 4.79 Å². The van der Waals surface area contributed by atoms with E-state index in [1.807, 2.05) is 36.4 Å². The molecule has 0 saturated heterocycles. The summed E-state index contributed by atoms with van der Waals surface area (Å²) in [6, 6.07) is 14.4. The van der Waals surface area contributed by atoms with E-state index < -0.39 is 6.03 Å². The third-order valence-corrected chi connectivity index (χ3v) is 3.29. The van der Waals surface area contributed by atoms with Gasteiger partial charge in [-0.15, -0.1) is 0 Å². The average Bonchev–Trinajstić information content (AvgIpc) is 2.59. The molecule has 1 aromatic carbocycles. The first-order chi connectivity index (χ1) is 11.1. The number of pyridine rings is 1. The Kier molecular flexibility index (Phi) is 6.11. The number of urea groups is 1. The largest absolute Gasteiger partial charge is 0.344 e. The van der Waals surface area contributed by atoms with Crippen molar-refractivity contribution in [2.75, 3.05) is 25.5 Å². The van der Waals surface area contributed by atoms with E-state index in [9.17, 15) is 9.59 Å². The third-order valence-electron chi connectivity index (χ3n) is 3.29. The molecule has 6 heteroatoms. The predicted octanol–water partition coefficient (Wildman–Crippen LogP) is 1.90. The SMILES string of the molecule is CN(CCc1ccccn1)C(=O)CNC(=O)Nc1ccccc1. The number of likely N-dealkylation sites (N-methyl/N-ethyl adjacent to an activating group) is 1. The number of nitrogens with one attached hydrogen (secondary N) is 2. The molecule has 2 N–H and O–H groups in total. The smallest absolute Gasteiger partial charge is 0.319 e. The Hall–Kier alpha value is -2.89. The molecule has 1 heterocycles. The summed E-state index contributed by atoms with van der Waals surface area (Å²) < 4.78 is 0. The van der Waals surface area contributed by atoms with Crippen LogP contribution in [0.3, 0.4) is 0 Å². The molecule has 0 radical (unpaired) electrons. The summed E-state index contributed by atoms with van der Waals surface area (Å²) in [5.74, 6) is -0.149. The van der Waals surface area contributed by atoms with Gasteiger partial charge in [-0.05, 0) is 24.3 Å². The molecule has 1 aromatic heterocycles. The van der Waals surface area contributed by atoms with Crippen LogP contribution < -0.4 is 10.6 Å². The van der Waals surface area contributed by atoms with Crippen LogP contribution in [0.15, 0.2) is 54.7 Å². The zero-order chi connectivity index (χ0) is 16.5. The Morgan fingerprint density at radius 3 is 2.52 bits per heavy atom. The number of anilines is 1. The van der Waals surface area contributed by atoms with Crippen LogP contribution in [-0.2, 0) is 11.2 Å². The van der Waals surface area contributed by atoms with Crippen molar-refractivity contribution in [1.29, 1.82) is 0 Å². The Morgan fingerprint density at radius 1 is 1.09 bits per heavy atom. The van der Waals surface area contributed by atoms with Crippen LogP contribution >= 0.6 is 0 Å². The number of nitrogens with zero attached hydrogens (tertiary/aromatic N) is 2.